The molecule has 0 atom stereocenters. The van der Waals surface area contributed by atoms with Crippen LogP contribution in [0.1, 0.15) is 11.3 Å². The first kappa shape index (κ1) is 19.1. The third kappa shape index (κ3) is 4.00. The van der Waals surface area contributed by atoms with Gasteiger partial charge in [-0.25, -0.2) is 9.97 Å². The van der Waals surface area contributed by atoms with Crippen molar-refractivity contribution >= 4 is 38.4 Å². The molecule has 0 saturated heterocycles. The number of benzene rings is 2. The first-order valence-corrected chi connectivity index (χ1v) is 9.91. The van der Waals surface area contributed by atoms with E-state index in [0.717, 1.165) is 32.3 Å². The first-order chi connectivity index (χ1) is 14.0. The van der Waals surface area contributed by atoms with Gasteiger partial charge in [-0.1, -0.05) is 18.2 Å². The van der Waals surface area contributed by atoms with E-state index in [0.29, 0.717) is 5.75 Å². The lowest BCUT2D eigenvalue weighted by molar-refractivity contribution is -0.116. The van der Waals surface area contributed by atoms with E-state index in [9.17, 15) is 4.79 Å². The lowest BCUT2D eigenvalue weighted by Crippen LogP contribution is -2.19. The molecule has 0 aliphatic rings. The van der Waals surface area contributed by atoms with Crippen LogP contribution in [0.25, 0.3) is 10.9 Å². The van der Waals surface area contributed by atoms with Gasteiger partial charge in [0.2, 0.25) is 5.91 Å². The highest BCUT2D eigenvalue weighted by Gasteiger charge is 2.15. The minimum Gasteiger partial charge on any atom is -0.424 e. The van der Waals surface area contributed by atoms with Gasteiger partial charge in [-0.05, 0) is 65.7 Å². The van der Waals surface area contributed by atoms with Crippen molar-refractivity contribution in [3.63, 3.8) is 0 Å². The quantitative estimate of drug-likeness (QED) is 0.451. The number of nitrogens with zero attached hydrogens (tertiary/aromatic N) is 3. The summed E-state index contributed by atoms with van der Waals surface area (Å²) in [5.74, 6) is 0.521. The number of hydrogen-bond acceptors (Lipinski definition) is 4. The molecule has 4 aromatic rings. The molecule has 2 aromatic heterocycles. The molecular weight excluding hydrogens is 432 g/mol. The Bertz CT molecular complexity index is 1190. The highest BCUT2D eigenvalue weighted by molar-refractivity contribution is 9.10. The van der Waals surface area contributed by atoms with E-state index in [1.807, 2.05) is 54.8 Å². The number of ether oxygens (including phenoxy) is 1. The molecule has 29 heavy (non-hydrogen) atoms. The zero-order valence-corrected chi connectivity index (χ0v) is 17.6. The summed E-state index contributed by atoms with van der Waals surface area (Å²) in [4.78, 5) is 20.8. The lowest BCUT2D eigenvalue weighted by Gasteiger charge is -2.12. The second-order valence-electron chi connectivity index (χ2n) is 6.66. The Hall–Kier alpha value is -3.19. The first-order valence-electron chi connectivity index (χ1n) is 9.11. The molecule has 7 heteroatoms. The Morgan fingerprint density at radius 1 is 1.10 bits per heavy atom. The largest absolute Gasteiger partial charge is 0.424 e. The summed E-state index contributed by atoms with van der Waals surface area (Å²) in [5.41, 5.74) is 3.67. The van der Waals surface area contributed by atoms with Crippen molar-refractivity contribution in [2.45, 2.75) is 20.4 Å². The summed E-state index contributed by atoms with van der Waals surface area (Å²) in [6.07, 6.45) is 3.24. The second kappa shape index (κ2) is 8.05. The Morgan fingerprint density at radius 2 is 1.86 bits per heavy atom. The minimum atomic E-state index is -0.0930. The van der Waals surface area contributed by atoms with Crippen molar-refractivity contribution in [1.29, 1.82) is 0 Å². The molecule has 0 bridgehead atoms. The topological polar surface area (TPSA) is 69.0 Å². The number of aryl methyl sites for hydroxylation is 1. The molecule has 2 aromatic carbocycles. The maximum absolute atomic E-state index is 12.7. The zero-order valence-electron chi connectivity index (χ0n) is 16.0. The highest BCUT2D eigenvalue weighted by atomic mass is 79.9. The molecule has 6 nitrogen and oxygen atoms in total. The van der Waals surface area contributed by atoms with Gasteiger partial charge in [0.1, 0.15) is 12.3 Å². The molecule has 1 N–H and O–H groups in total. The molecule has 0 unspecified atom stereocenters. The van der Waals surface area contributed by atoms with Gasteiger partial charge >= 0.3 is 6.01 Å². The number of anilines is 1. The molecular formula is C22H19BrN4O2. The Morgan fingerprint density at radius 3 is 2.62 bits per heavy atom. The van der Waals surface area contributed by atoms with Crippen LogP contribution in [0.4, 0.5) is 5.69 Å². The Labute approximate surface area is 176 Å². The number of carbonyl (C=O) groups excluding carboxylic acids is 1. The van der Waals surface area contributed by atoms with Gasteiger partial charge in [-0.15, -0.1) is 0 Å². The molecule has 0 saturated carbocycles. The lowest BCUT2D eigenvalue weighted by atomic mass is 10.2. The second-order valence-corrected chi connectivity index (χ2v) is 7.45. The predicted octanol–water partition coefficient (Wildman–Crippen LogP) is 5.24. The van der Waals surface area contributed by atoms with Crippen LogP contribution in [0.5, 0.6) is 11.8 Å². The van der Waals surface area contributed by atoms with E-state index < -0.39 is 0 Å². The molecule has 1 amide bonds. The van der Waals surface area contributed by atoms with Gasteiger partial charge in [0, 0.05) is 39.2 Å². The van der Waals surface area contributed by atoms with Crippen LogP contribution in [0.3, 0.4) is 0 Å². The molecule has 0 aliphatic heterocycles. The summed E-state index contributed by atoms with van der Waals surface area (Å²) in [5, 5.41) is 4.09. The number of rotatable bonds is 5. The van der Waals surface area contributed by atoms with Gasteiger partial charge < -0.3 is 14.6 Å². The van der Waals surface area contributed by atoms with Gasteiger partial charge in [0.25, 0.3) is 0 Å². The van der Waals surface area contributed by atoms with Crippen LogP contribution in [0.2, 0.25) is 0 Å². The highest BCUT2D eigenvalue weighted by Crippen LogP contribution is 2.30. The monoisotopic (exact) mass is 450 g/mol. The summed E-state index contributed by atoms with van der Waals surface area (Å²) in [6, 6.07) is 15.5. The van der Waals surface area contributed by atoms with E-state index in [1.165, 1.54) is 0 Å². The number of fused-ring (bicyclic) bond motifs is 1. The van der Waals surface area contributed by atoms with E-state index in [4.69, 9.17) is 4.74 Å². The number of amides is 1. The Balaban J connectivity index is 1.50. The molecule has 146 valence electrons. The van der Waals surface area contributed by atoms with Crippen molar-refractivity contribution in [3.8, 4) is 11.8 Å². The van der Waals surface area contributed by atoms with Gasteiger partial charge in [-0.3, -0.25) is 4.79 Å². The number of hydrogen-bond donors (Lipinski definition) is 1. The third-order valence-corrected chi connectivity index (χ3v) is 5.68. The van der Waals surface area contributed by atoms with E-state index in [1.54, 1.807) is 24.5 Å². The fourth-order valence-corrected chi connectivity index (χ4v) is 3.76. The van der Waals surface area contributed by atoms with Crippen LogP contribution in [0, 0.1) is 13.8 Å². The predicted molar refractivity (Wildman–Crippen MR) is 116 cm³/mol. The SMILES string of the molecule is Cc1cc(Oc2ncccn2)ccc1NC(=O)Cn1c(C)c(Br)c2ccccc21. The average molecular weight is 451 g/mol. The summed E-state index contributed by atoms with van der Waals surface area (Å²) < 4.78 is 8.66. The van der Waals surface area contributed by atoms with Crippen molar-refractivity contribution in [2.75, 3.05) is 5.32 Å². The molecule has 0 aliphatic carbocycles. The number of carbonyl (C=O) groups is 1. The van der Waals surface area contributed by atoms with E-state index in [-0.39, 0.29) is 18.5 Å². The van der Waals surface area contributed by atoms with Crippen LogP contribution in [-0.2, 0) is 11.3 Å². The summed E-state index contributed by atoms with van der Waals surface area (Å²) in [6.45, 7) is 4.15. The summed E-state index contributed by atoms with van der Waals surface area (Å²) in [7, 11) is 0. The van der Waals surface area contributed by atoms with Crippen molar-refractivity contribution in [1.82, 2.24) is 14.5 Å². The van der Waals surface area contributed by atoms with E-state index in [2.05, 4.69) is 31.2 Å². The standard InChI is InChI=1S/C22H19BrN4O2/c1-14-12-16(29-22-24-10-5-11-25-22)8-9-18(14)26-20(28)13-27-15(2)21(23)17-6-3-4-7-19(17)27/h3-12H,13H2,1-2H3,(H,26,28). The van der Waals surface area contributed by atoms with Crippen molar-refractivity contribution in [2.24, 2.45) is 0 Å². The normalized spacial score (nSPS) is 10.9. The van der Waals surface area contributed by atoms with Gasteiger partial charge in [0.15, 0.2) is 0 Å². The fraction of sp³-hybridized carbons (Fsp3) is 0.136. The summed E-state index contributed by atoms with van der Waals surface area (Å²) >= 11 is 3.63. The van der Waals surface area contributed by atoms with Crippen molar-refractivity contribution < 1.29 is 9.53 Å². The number of nitrogens with one attached hydrogen (secondary N) is 1. The van der Waals surface area contributed by atoms with Gasteiger partial charge in [0.05, 0.1) is 0 Å². The third-order valence-electron chi connectivity index (χ3n) is 4.68. The van der Waals surface area contributed by atoms with Crippen LogP contribution < -0.4 is 10.1 Å². The van der Waals surface area contributed by atoms with Crippen LogP contribution in [-0.4, -0.2) is 20.4 Å². The minimum absolute atomic E-state index is 0.0930. The zero-order chi connectivity index (χ0) is 20.4. The molecule has 4 rings (SSSR count). The van der Waals surface area contributed by atoms with E-state index >= 15 is 0 Å². The molecule has 0 fully saturated rings. The number of aromatic nitrogens is 3. The molecule has 0 radical (unpaired) electrons. The van der Waals surface area contributed by atoms with Crippen molar-refractivity contribution in [3.05, 3.63) is 76.7 Å². The fourth-order valence-electron chi connectivity index (χ4n) is 3.21. The molecule has 0 spiro atoms. The molecule has 2 heterocycles. The Kier molecular flexibility index (Phi) is 5.31. The maximum atomic E-state index is 12.7. The van der Waals surface area contributed by atoms with Crippen LogP contribution in [0.15, 0.2) is 65.4 Å². The van der Waals surface area contributed by atoms with Crippen LogP contribution >= 0.6 is 15.9 Å². The number of halogens is 1. The maximum Gasteiger partial charge on any atom is 0.321 e. The van der Waals surface area contributed by atoms with Gasteiger partial charge in [-0.2, -0.15) is 0 Å². The number of para-hydroxylation sites is 1. The smallest absolute Gasteiger partial charge is 0.321 e. The average Bonchev–Trinajstić information content (AvgIpc) is 2.96.